The Morgan fingerprint density at radius 1 is 0.645 bits per heavy atom. The molecule has 0 aliphatic heterocycles. The van der Waals surface area contributed by atoms with Gasteiger partial charge in [-0.05, 0) is 149 Å². The Hall–Kier alpha value is -5.81. The molecule has 0 aromatic heterocycles. The van der Waals surface area contributed by atoms with Gasteiger partial charge in [0.05, 0.1) is 19.2 Å². The monoisotopic (exact) mass is 1050 g/mol. The predicted molar refractivity (Wildman–Crippen MR) is 295 cm³/mol. The fraction of sp³-hybridized carbons (Fsp3) is 0.517. The van der Waals surface area contributed by atoms with Crippen molar-refractivity contribution in [1.82, 2.24) is 20.9 Å². The Labute approximate surface area is 450 Å². The van der Waals surface area contributed by atoms with E-state index in [1.165, 1.54) is 36.2 Å². The lowest BCUT2D eigenvalue weighted by atomic mass is 9.79. The van der Waals surface area contributed by atoms with Crippen molar-refractivity contribution < 1.29 is 57.5 Å². The number of hydrazine groups is 2. The summed E-state index contributed by atoms with van der Waals surface area (Å²) in [7, 11) is -1.48. The zero-order valence-electron chi connectivity index (χ0n) is 47.2. The van der Waals surface area contributed by atoms with E-state index in [0.29, 0.717) is 65.7 Å². The van der Waals surface area contributed by atoms with E-state index >= 15 is 4.79 Å². The van der Waals surface area contributed by atoms with E-state index in [4.69, 9.17) is 9.47 Å². The largest absolute Gasteiger partial charge is 0.496 e. The number of rotatable bonds is 23. The van der Waals surface area contributed by atoms with Gasteiger partial charge in [0.2, 0.25) is 0 Å². The summed E-state index contributed by atoms with van der Waals surface area (Å²) < 4.78 is 38.4. The van der Waals surface area contributed by atoms with Crippen molar-refractivity contribution in [3.8, 4) is 11.5 Å². The average Bonchev–Trinajstić information content (AvgIpc) is 3.30. The van der Waals surface area contributed by atoms with Crippen LogP contribution in [0.5, 0.6) is 11.5 Å². The molecule has 4 aromatic rings. The van der Waals surface area contributed by atoms with Crippen molar-refractivity contribution in [3.05, 3.63) is 127 Å². The van der Waals surface area contributed by atoms with Crippen LogP contribution >= 0.6 is 0 Å². The standard InChI is InChI=1S/C58H82B2F2N4O10/c1-15-18-48(57(8,9)10)65(63-52(67)46-23-21-42(19-16-25-59(71)72)50(75-14)39(46)6)55(70)45-32-37(4)28-41(34-45)29-38(5)33-49(58(11,12)13)66(54(69)44-30-35(2)27-36(3)31-44)64-53(68)47-24-22-43(20-17-26-60(73)74)51(40(47)7)76-56(61)62/h21-24,27-28,30-32,34,38,48-49,56,71-74H,15-20,25-26,29,33H2,1-14H3,(H,63,67)(H,64,68)/t38?,48-,49-/m1/s1. The van der Waals surface area contributed by atoms with Gasteiger partial charge in [0.25, 0.3) is 23.6 Å². The van der Waals surface area contributed by atoms with Crippen LogP contribution in [0.3, 0.4) is 0 Å². The topological polar surface area (TPSA) is 198 Å². The summed E-state index contributed by atoms with van der Waals surface area (Å²) in [6.45, 7) is 21.8. The van der Waals surface area contributed by atoms with Crippen LogP contribution in [0.15, 0.2) is 60.7 Å². The second-order valence-electron chi connectivity index (χ2n) is 22.7. The summed E-state index contributed by atoms with van der Waals surface area (Å²) in [6.07, 6.45) is 3.80. The maximum atomic E-state index is 15.1. The van der Waals surface area contributed by atoms with Crippen LogP contribution in [-0.4, -0.2) is 93.8 Å². The van der Waals surface area contributed by atoms with Crippen LogP contribution in [0.25, 0.3) is 0 Å². The van der Waals surface area contributed by atoms with Gasteiger partial charge in [0.15, 0.2) is 0 Å². The SMILES string of the molecule is CCC[C@@H](N(NC(=O)c1ccc(CCCB(O)O)c(OC)c1C)C(=O)c1cc(C)cc(CC(C)C[C@@H](N(NC(=O)c2ccc(CCCB(O)O)c(OC(F)F)c2C)C(=O)c2cc(C)cc(C)c2)C(C)(C)C)c1)C(C)(C)C. The van der Waals surface area contributed by atoms with E-state index < -0.39 is 67.4 Å². The highest BCUT2D eigenvalue weighted by Crippen LogP contribution is 2.35. The number of nitrogens with zero attached hydrogens (tertiary/aromatic N) is 2. The van der Waals surface area contributed by atoms with Gasteiger partial charge in [-0.15, -0.1) is 0 Å². The summed E-state index contributed by atoms with van der Waals surface area (Å²) >= 11 is 0. The predicted octanol–water partition coefficient (Wildman–Crippen LogP) is 10.1. The first kappa shape index (κ1) is 62.7. The molecule has 0 fully saturated rings. The van der Waals surface area contributed by atoms with Gasteiger partial charge in [-0.25, -0.2) is 10.0 Å². The van der Waals surface area contributed by atoms with Gasteiger partial charge in [-0.1, -0.05) is 116 Å². The second kappa shape index (κ2) is 27.5. The Balaban J connectivity index is 1.74. The molecule has 0 aliphatic rings. The summed E-state index contributed by atoms with van der Waals surface area (Å²) in [5.74, 6) is -1.90. The molecule has 414 valence electrons. The highest BCUT2D eigenvalue weighted by atomic mass is 19.3. The smallest absolute Gasteiger partial charge is 0.451 e. The van der Waals surface area contributed by atoms with E-state index in [1.54, 1.807) is 37.3 Å². The number of methoxy groups -OCH3 is 1. The first-order chi connectivity index (χ1) is 35.5. The van der Waals surface area contributed by atoms with Crippen molar-refractivity contribution in [2.75, 3.05) is 7.11 Å². The van der Waals surface area contributed by atoms with Crippen molar-refractivity contribution in [1.29, 1.82) is 0 Å². The molecular formula is C58H82B2F2N4O10. The van der Waals surface area contributed by atoms with Crippen LogP contribution < -0.4 is 20.3 Å². The van der Waals surface area contributed by atoms with E-state index in [2.05, 4.69) is 10.9 Å². The summed E-state index contributed by atoms with van der Waals surface area (Å²) in [6, 6.07) is 16.5. The maximum Gasteiger partial charge on any atom is 0.451 e. The molecule has 0 saturated heterocycles. The van der Waals surface area contributed by atoms with Gasteiger partial charge in [0.1, 0.15) is 11.5 Å². The zero-order chi connectivity index (χ0) is 57.0. The van der Waals surface area contributed by atoms with E-state index in [1.807, 2.05) is 94.4 Å². The quantitative estimate of drug-likeness (QED) is 0.0307. The Morgan fingerprint density at radius 2 is 1.08 bits per heavy atom. The summed E-state index contributed by atoms with van der Waals surface area (Å²) in [4.78, 5) is 58.9. The van der Waals surface area contributed by atoms with Gasteiger partial charge in [-0.3, -0.25) is 30.0 Å². The number of carbonyl (C=O) groups is 4. The second-order valence-corrected chi connectivity index (χ2v) is 22.7. The molecule has 4 rings (SSSR count). The molecule has 0 aliphatic carbocycles. The highest BCUT2D eigenvalue weighted by molar-refractivity contribution is 6.41. The lowest BCUT2D eigenvalue weighted by molar-refractivity contribution is -0.0509. The van der Waals surface area contributed by atoms with Gasteiger partial charge >= 0.3 is 20.8 Å². The number of amides is 4. The zero-order valence-corrected chi connectivity index (χ0v) is 47.2. The molecule has 0 spiro atoms. The fourth-order valence-electron chi connectivity index (χ4n) is 10.2. The number of carbonyl (C=O) groups excluding carboxylic acids is 4. The van der Waals surface area contributed by atoms with Crippen LogP contribution in [0.1, 0.15) is 173 Å². The van der Waals surface area contributed by atoms with Gasteiger partial charge in [-0.2, -0.15) is 8.78 Å². The van der Waals surface area contributed by atoms with Crippen LogP contribution in [0.4, 0.5) is 8.78 Å². The number of ether oxygens (including phenoxy) is 2. The minimum atomic E-state index is -3.20. The third-order valence-corrected chi connectivity index (χ3v) is 13.8. The molecule has 0 radical (unpaired) electrons. The highest BCUT2D eigenvalue weighted by Gasteiger charge is 2.39. The fourth-order valence-corrected chi connectivity index (χ4v) is 10.2. The lowest BCUT2D eigenvalue weighted by Gasteiger charge is -2.41. The van der Waals surface area contributed by atoms with Gasteiger partial charge in [0, 0.05) is 33.4 Å². The van der Waals surface area contributed by atoms with Crippen LogP contribution in [-0.2, 0) is 19.3 Å². The summed E-state index contributed by atoms with van der Waals surface area (Å²) in [5, 5.41) is 40.4. The molecule has 18 heteroatoms. The van der Waals surface area contributed by atoms with E-state index in [9.17, 15) is 43.3 Å². The number of alkyl halides is 2. The number of hydrogen-bond acceptors (Lipinski definition) is 10. The third kappa shape index (κ3) is 17.4. The molecule has 4 aromatic carbocycles. The molecule has 1 unspecified atom stereocenters. The molecule has 0 saturated carbocycles. The van der Waals surface area contributed by atoms with Crippen LogP contribution in [0.2, 0.25) is 12.6 Å². The molecular weight excluding hydrogens is 972 g/mol. The number of nitrogens with one attached hydrogen (secondary N) is 2. The summed E-state index contributed by atoms with van der Waals surface area (Å²) in [5.41, 5.74) is 11.1. The molecule has 6 N–H and O–H groups in total. The van der Waals surface area contributed by atoms with Crippen molar-refractivity contribution in [2.24, 2.45) is 16.7 Å². The molecule has 0 heterocycles. The van der Waals surface area contributed by atoms with Gasteiger partial charge < -0.3 is 29.6 Å². The number of halogens is 2. The minimum absolute atomic E-state index is 0.00603. The Kier molecular flexibility index (Phi) is 22.7. The first-order valence-corrected chi connectivity index (χ1v) is 26.4. The molecule has 0 bridgehead atoms. The van der Waals surface area contributed by atoms with Crippen LogP contribution in [0, 0.1) is 51.4 Å². The molecule has 4 amide bonds. The van der Waals surface area contributed by atoms with Crippen molar-refractivity contribution >= 4 is 37.9 Å². The molecule has 3 atom stereocenters. The maximum absolute atomic E-state index is 15.1. The molecule has 14 nitrogen and oxygen atoms in total. The Bertz CT molecular complexity index is 2630. The number of hydrogen-bond donors (Lipinski definition) is 6. The lowest BCUT2D eigenvalue weighted by Crippen LogP contribution is -2.57. The third-order valence-electron chi connectivity index (χ3n) is 13.8. The van der Waals surface area contributed by atoms with Crippen molar-refractivity contribution in [2.45, 2.75) is 173 Å². The van der Waals surface area contributed by atoms with E-state index in [0.717, 1.165) is 34.2 Å². The number of benzene rings is 4. The van der Waals surface area contributed by atoms with Crippen molar-refractivity contribution in [3.63, 3.8) is 0 Å². The Morgan fingerprint density at radius 3 is 1.51 bits per heavy atom. The number of aryl methyl sites for hydroxylation is 5. The molecule has 76 heavy (non-hydrogen) atoms. The average molecular weight is 1050 g/mol. The van der Waals surface area contributed by atoms with E-state index in [-0.39, 0.29) is 48.3 Å². The minimum Gasteiger partial charge on any atom is -0.496 e. The first-order valence-electron chi connectivity index (χ1n) is 26.4. The normalized spacial score (nSPS) is 12.9.